The summed E-state index contributed by atoms with van der Waals surface area (Å²) in [4.78, 5) is 19.0. The van der Waals surface area contributed by atoms with Crippen molar-refractivity contribution in [2.75, 3.05) is 44.7 Å². The predicted molar refractivity (Wildman–Crippen MR) is 106 cm³/mol. The van der Waals surface area contributed by atoms with E-state index >= 15 is 0 Å². The van der Waals surface area contributed by atoms with Crippen LogP contribution >= 0.6 is 11.6 Å². The Labute approximate surface area is 162 Å². The van der Waals surface area contributed by atoms with E-state index in [-0.39, 0.29) is 0 Å². The number of halogens is 1. The Kier molecular flexibility index (Phi) is 5.62. The summed E-state index contributed by atoms with van der Waals surface area (Å²) in [5, 5.41) is 4.02. The number of rotatable bonds is 6. The molecule has 1 fully saturated rings. The molecule has 0 aliphatic carbocycles. The minimum absolute atomic E-state index is 0.600. The quantitative estimate of drug-likeness (QED) is 0.680. The summed E-state index contributed by atoms with van der Waals surface area (Å²) in [6.45, 7) is 5.25. The number of imidazole rings is 1. The normalized spacial score (nSPS) is 15.0. The van der Waals surface area contributed by atoms with Gasteiger partial charge in [-0.2, -0.15) is 0 Å². The monoisotopic (exact) mass is 384 g/mol. The van der Waals surface area contributed by atoms with Crippen LogP contribution in [0.2, 0.25) is 5.02 Å². The topological polar surface area (TPSA) is 79.0 Å². The lowest BCUT2D eigenvalue weighted by atomic mass is 10.1. The molecule has 3 heterocycles. The van der Waals surface area contributed by atoms with Crippen LogP contribution in [0.15, 0.2) is 42.9 Å². The molecule has 2 N–H and O–H groups in total. The first kappa shape index (κ1) is 17.9. The highest BCUT2D eigenvalue weighted by Crippen LogP contribution is 2.29. The van der Waals surface area contributed by atoms with Gasteiger partial charge in [0.05, 0.1) is 24.5 Å². The van der Waals surface area contributed by atoms with Gasteiger partial charge in [-0.3, -0.25) is 4.90 Å². The first-order valence-electron chi connectivity index (χ1n) is 8.96. The van der Waals surface area contributed by atoms with Crippen LogP contribution in [-0.2, 0) is 4.74 Å². The molecule has 4 rings (SSSR count). The highest BCUT2D eigenvalue weighted by atomic mass is 35.5. The molecule has 1 aliphatic rings. The van der Waals surface area contributed by atoms with Crippen LogP contribution < -0.4 is 5.32 Å². The predicted octanol–water partition coefficient (Wildman–Crippen LogP) is 2.93. The van der Waals surface area contributed by atoms with Gasteiger partial charge in [0.2, 0.25) is 5.95 Å². The summed E-state index contributed by atoms with van der Waals surface area (Å²) in [6.07, 6.45) is 5.30. The van der Waals surface area contributed by atoms with Crippen molar-refractivity contribution in [2.24, 2.45) is 0 Å². The van der Waals surface area contributed by atoms with Crippen LogP contribution in [-0.4, -0.2) is 64.2 Å². The fourth-order valence-electron chi connectivity index (χ4n) is 3.03. The number of nitrogens with zero attached hydrogens (tertiary/aromatic N) is 4. The SMILES string of the molecule is Clc1ccc(-c2nc(NCCN3CCOCC3)ncc2-c2ncc[nH]2)cc1. The Balaban J connectivity index is 1.54. The minimum Gasteiger partial charge on any atom is -0.379 e. The smallest absolute Gasteiger partial charge is 0.223 e. The largest absolute Gasteiger partial charge is 0.379 e. The summed E-state index contributed by atoms with van der Waals surface area (Å²) in [5.74, 6) is 1.34. The van der Waals surface area contributed by atoms with Crippen molar-refractivity contribution in [2.45, 2.75) is 0 Å². The highest BCUT2D eigenvalue weighted by Gasteiger charge is 2.14. The number of ether oxygens (including phenoxy) is 1. The van der Waals surface area contributed by atoms with E-state index in [0.717, 1.165) is 62.0 Å². The zero-order chi connectivity index (χ0) is 18.5. The molecular weight excluding hydrogens is 364 g/mol. The molecule has 140 valence electrons. The standard InChI is InChI=1S/C19H21ClN6O/c20-15-3-1-14(2-4-15)17-16(18-21-5-6-22-18)13-24-19(25-17)23-7-8-26-9-11-27-12-10-26/h1-6,13H,7-12H2,(H,21,22)(H,23,24,25). The number of aromatic nitrogens is 4. The Bertz CT molecular complexity index is 862. The fraction of sp³-hybridized carbons (Fsp3) is 0.316. The lowest BCUT2D eigenvalue weighted by Crippen LogP contribution is -2.39. The molecule has 7 nitrogen and oxygen atoms in total. The number of benzene rings is 1. The van der Waals surface area contributed by atoms with Crippen molar-refractivity contribution in [3.05, 3.63) is 47.9 Å². The minimum atomic E-state index is 0.600. The van der Waals surface area contributed by atoms with Crippen molar-refractivity contribution in [1.29, 1.82) is 0 Å². The molecule has 1 aliphatic heterocycles. The molecule has 0 amide bonds. The van der Waals surface area contributed by atoms with Crippen molar-refractivity contribution < 1.29 is 4.74 Å². The van der Waals surface area contributed by atoms with Gasteiger partial charge in [0.1, 0.15) is 5.82 Å². The van der Waals surface area contributed by atoms with Gasteiger partial charge in [-0.1, -0.05) is 23.7 Å². The average molecular weight is 385 g/mol. The van der Waals surface area contributed by atoms with Crippen LogP contribution in [0.1, 0.15) is 0 Å². The van der Waals surface area contributed by atoms with Crippen molar-refractivity contribution in [3.8, 4) is 22.6 Å². The van der Waals surface area contributed by atoms with Crippen LogP contribution in [0.25, 0.3) is 22.6 Å². The van der Waals surface area contributed by atoms with Crippen LogP contribution in [0.4, 0.5) is 5.95 Å². The van der Waals surface area contributed by atoms with E-state index in [1.165, 1.54) is 0 Å². The molecule has 0 unspecified atom stereocenters. The number of morpholine rings is 1. The van der Waals surface area contributed by atoms with Gasteiger partial charge in [-0.25, -0.2) is 15.0 Å². The molecule has 0 bridgehead atoms. The van der Waals surface area contributed by atoms with E-state index in [4.69, 9.17) is 21.3 Å². The van der Waals surface area contributed by atoms with E-state index in [0.29, 0.717) is 11.0 Å². The summed E-state index contributed by atoms with van der Waals surface area (Å²) in [6, 6.07) is 7.62. The first-order chi connectivity index (χ1) is 13.3. The van der Waals surface area contributed by atoms with Gasteiger partial charge in [0, 0.05) is 55.4 Å². The Morgan fingerprint density at radius 1 is 1.15 bits per heavy atom. The van der Waals surface area contributed by atoms with Crippen LogP contribution in [0.5, 0.6) is 0 Å². The second-order valence-corrected chi connectivity index (χ2v) is 6.72. The van der Waals surface area contributed by atoms with E-state index in [1.807, 2.05) is 24.3 Å². The lowest BCUT2D eigenvalue weighted by molar-refractivity contribution is 0.0398. The Hall–Kier alpha value is -2.48. The fourth-order valence-corrected chi connectivity index (χ4v) is 3.16. The maximum atomic E-state index is 6.03. The molecule has 0 saturated carbocycles. The third-order valence-electron chi connectivity index (χ3n) is 4.47. The molecule has 3 aromatic rings. The summed E-state index contributed by atoms with van der Waals surface area (Å²) >= 11 is 6.03. The van der Waals surface area contributed by atoms with Gasteiger partial charge in [0.25, 0.3) is 0 Å². The first-order valence-corrected chi connectivity index (χ1v) is 9.34. The molecule has 1 saturated heterocycles. The molecule has 0 atom stereocenters. The maximum absolute atomic E-state index is 6.03. The van der Waals surface area contributed by atoms with Gasteiger partial charge in [-0.05, 0) is 12.1 Å². The van der Waals surface area contributed by atoms with Crippen molar-refractivity contribution in [3.63, 3.8) is 0 Å². The van der Waals surface area contributed by atoms with Crippen molar-refractivity contribution in [1.82, 2.24) is 24.8 Å². The molecule has 8 heteroatoms. The highest BCUT2D eigenvalue weighted by molar-refractivity contribution is 6.30. The molecule has 0 radical (unpaired) electrons. The third-order valence-corrected chi connectivity index (χ3v) is 4.73. The van der Waals surface area contributed by atoms with E-state index in [1.54, 1.807) is 18.6 Å². The van der Waals surface area contributed by atoms with Crippen molar-refractivity contribution >= 4 is 17.5 Å². The molecule has 0 spiro atoms. The zero-order valence-electron chi connectivity index (χ0n) is 14.9. The molecule has 2 aromatic heterocycles. The maximum Gasteiger partial charge on any atom is 0.223 e. The molecule has 27 heavy (non-hydrogen) atoms. The number of hydrogen-bond donors (Lipinski definition) is 2. The Morgan fingerprint density at radius 2 is 1.96 bits per heavy atom. The Morgan fingerprint density at radius 3 is 2.70 bits per heavy atom. The number of anilines is 1. The van der Waals surface area contributed by atoms with Gasteiger partial charge >= 0.3 is 0 Å². The summed E-state index contributed by atoms with van der Waals surface area (Å²) in [7, 11) is 0. The lowest BCUT2D eigenvalue weighted by Gasteiger charge is -2.26. The van der Waals surface area contributed by atoms with E-state index in [9.17, 15) is 0 Å². The van der Waals surface area contributed by atoms with Gasteiger partial charge in [0.15, 0.2) is 0 Å². The number of aromatic amines is 1. The van der Waals surface area contributed by atoms with Gasteiger partial charge in [-0.15, -0.1) is 0 Å². The van der Waals surface area contributed by atoms with Crippen LogP contribution in [0, 0.1) is 0 Å². The molecule has 1 aromatic carbocycles. The summed E-state index contributed by atoms with van der Waals surface area (Å²) in [5.41, 5.74) is 2.62. The number of H-pyrrole nitrogens is 1. The number of hydrogen-bond acceptors (Lipinski definition) is 6. The molecular formula is C19H21ClN6O. The van der Waals surface area contributed by atoms with Crippen LogP contribution in [0.3, 0.4) is 0 Å². The second kappa shape index (κ2) is 8.47. The van der Waals surface area contributed by atoms with E-state index in [2.05, 4.69) is 25.2 Å². The summed E-state index contributed by atoms with van der Waals surface area (Å²) < 4.78 is 5.38. The number of nitrogens with one attached hydrogen (secondary N) is 2. The third kappa shape index (κ3) is 4.44. The second-order valence-electron chi connectivity index (χ2n) is 6.28. The average Bonchev–Trinajstić information content (AvgIpc) is 3.24. The van der Waals surface area contributed by atoms with Gasteiger partial charge < -0.3 is 15.0 Å². The van der Waals surface area contributed by atoms with E-state index < -0.39 is 0 Å². The zero-order valence-corrected chi connectivity index (χ0v) is 15.6.